The maximum atomic E-state index is 12.3. The summed E-state index contributed by atoms with van der Waals surface area (Å²) >= 11 is 3.36. The molecule has 0 saturated heterocycles. The summed E-state index contributed by atoms with van der Waals surface area (Å²) in [5, 5.41) is 12.5. The van der Waals surface area contributed by atoms with E-state index in [1.54, 1.807) is 24.3 Å². The van der Waals surface area contributed by atoms with Gasteiger partial charge in [0.15, 0.2) is 5.78 Å². The number of carboxylic acids is 1. The maximum absolute atomic E-state index is 12.3. The van der Waals surface area contributed by atoms with Crippen LogP contribution in [0.4, 0.5) is 5.69 Å². The summed E-state index contributed by atoms with van der Waals surface area (Å²) in [4.78, 5) is 23.7. The Labute approximate surface area is 148 Å². The van der Waals surface area contributed by atoms with Crippen molar-refractivity contribution in [1.82, 2.24) is 0 Å². The Bertz CT molecular complexity index is 814. The number of carbonyl (C=O) groups excluding carboxylic acids is 1. The van der Waals surface area contributed by atoms with E-state index in [-0.39, 0.29) is 17.3 Å². The molecule has 122 valence electrons. The molecule has 0 aromatic heterocycles. The summed E-state index contributed by atoms with van der Waals surface area (Å²) < 4.78 is 0.495. The molecular weight excluding hydrogens is 370 g/mol. The van der Waals surface area contributed by atoms with E-state index in [9.17, 15) is 14.7 Å². The van der Waals surface area contributed by atoms with Gasteiger partial charge in [0, 0.05) is 12.1 Å². The van der Waals surface area contributed by atoms with Gasteiger partial charge in [-0.05, 0) is 46.0 Å². The third-order valence-electron chi connectivity index (χ3n) is 4.11. The van der Waals surface area contributed by atoms with Crippen molar-refractivity contribution in [3.63, 3.8) is 0 Å². The van der Waals surface area contributed by atoms with Gasteiger partial charge in [0.2, 0.25) is 0 Å². The van der Waals surface area contributed by atoms with Crippen molar-refractivity contribution in [3.8, 4) is 0 Å². The van der Waals surface area contributed by atoms with Crippen molar-refractivity contribution in [2.24, 2.45) is 0 Å². The topological polar surface area (TPSA) is 66.4 Å². The van der Waals surface area contributed by atoms with Crippen LogP contribution in [0.2, 0.25) is 0 Å². The summed E-state index contributed by atoms with van der Waals surface area (Å²) in [6.45, 7) is 0. The Morgan fingerprint density at radius 2 is 1.71 bits per heavy atom. The van der Waals surface area contributed by atoms with Crippen molar-refractivity contribution >= 4 is 33.4 Å². The molecule has 1 atom stereocenters. The number of allylic oxidation sites excluding steroid dienone is 2. The number of para-hydroxylation sites is 1. The molecule has 5 heteroatoms. The minimum absolute atomic E-state index is 0.0189. The van der Waals surface area contributed by atoms with Crippen LogP contribution < -0.4 is 5.32 Å². The highest BCUT2D eigenvalue weighted by Gasteiger charge is 2.28. The van der Waals surface area contributed by atoms with Crippen molar-refractivity contribution in [1.29, 1.82) is 0 Å². The lowest BCUT2D eigenvalue weighted by Gasteiger charge is -2.26. The Morgan fingerprint density at radius 1 is 1.04 bits per heavy atom. The highest BCUT2D eigenvalue weighted by Crippen LogP contribution is 2.37. The number of aromatic carboxylic acids is 1. The number of ketones is 1. The number of benzene rings is 2. The van der Waals surface area contributed by atoms with Crippen LogP contribution in [0.1, 0.15) is 34.7 Å². The van der Waals surface area contributed by atoms with Crippen LogP contribution in [0.3, 0.4) is 0 Å². The van der Waals surface area contributed by atoms with Crippen molar-refractivity contribution in [2.75, 3.05) is 5.32 Å². The molecule has 0 amide bonds. The number of nitrogens with one attached hydrogen (secondary N) is 1. The average molecular weight is 386 g/mol. The zero-order chi connectivity index (χ0) is 17.1. The second kappa shape index (κ2) is 7.01. The molecule has 1 aliphatic carbocycles. The smallest absolute Gasteiger partial charge is 0.337 e. The van der Waals surface area contributed by atoms with Crippen LogP contribution in [0, 0.1) is 0 Å². The third kappa shape index (κ3) is 3.41. The molecule has 0 spiro atoms. The normalized spacial score (nSPS) is 17.7. The van der Waals surface area contributed by atoms with Crippen LogP contribution in [0.25, 0.3) is 0 Å². The zero-order valence-electron chi connectivity index (χ0n) is 12.8. The first kappa shape index (κ1) is 16.5. The van der Waals surface area contributed by atoms with E-state index >= 15 is 0 Å². The Balaban J connectivity index is 1.91. The van der Waals surface area contributed by atoms with Gasteiger partial charge >= 0.3 is 5.97 Å². The number of carboxylic acid groups (broad SMARTS) is 1. The highest BCUT2D eigenvalue weighted by molar-refractivity contribution is 9.12. The fourth-order valence-corrected chi connectivity index (χ4v) is 3.32. The van der Waals surface area contributed by atoms with Crippen LogP contribution in [-0.4, -0.2) is 16.9 Å². The fourth-order valence-electron chi connectivity index (χ4n) is 2.90. The van der Waals surface area contributed by atoms with Crippen LogP contribution >= 0.6 is 15.9 Å². The minimum atomic E-state index is -1.00. The van der Waals surface area contributed by atoms with Crippen LogP contribution in [0.15, 0.2) is 64.8 Å². The van der Waals surface area contributed by atoms with E-state index in [1.807, 2.05) is 30.3 Å². The molecule has 0 aliphatic heterocycles. The summed E-state index contributed by atoms with van der Waals surface area (Å²) in [5.41, 5.74) is 2.49. The second-order valence-corrected chi connectivity index (χ2v) is 6.50. The molecule has 0 radical (unpaired) electrons. The SMILES string of the molecule is O=C1C[C@H](c2ccccc2)CC(Nc2ccccc2C(=O)O)=C1Br. The lowest BCUT2D eigenvalue weighted by molar-refractivity contribution is -0.115. The van der Waals surface area contributed by atoms with E-state index in [2.05, 4.69) is 21.2 Å². The number of anilines is 1. The van der Waals surface area contributed by atoms with Gasteiger partial charge in [0.05, 0.1) is 15.7 Å². The molecule has 1 aliphatic rings. The molecular formula is C19H16BrNO3. The van der Waals surface area contributed by atoms with Crippen molar-refractivity contribution in [2.45, 2.75) is 18.8 Å². The number of Topliss-reactive ketones (excluding diaryl/α,β-unsaturated/α-hetero) is 1. The van der Waals surface area contributed by atoms with E-state index in [0.29, 0.717) is 28.7 Å². The van der Waals surface area contributed by atoms with Gasteiger partial charge in [-0.1, -0.05) is 42.5 Å². The molecule has 2 aromatic carbocycles. The summed E-state index contributed by atoms with van der Waals surface area (Å²) in [5.74, 6) is -0.901. The monoisotopic (exact) mass is 385 g/mol. The minimum Gasteiger partial charge on any atom is -0.478 e. The second-order valence-electron chi connectivity index (χ2n) is 5.71. The van der Waals surface area contributed by atoms with Gasteiger partial charge in [-0.3, -0.25) is 4.79 Å². The van der Waals surface area contributed by atoms with E-state index in [1.165, 1.54) is 0 Å². The van der Waals surface area contributed by atoms with Gasteiger partial charge in [0.25, 0.3) is 0 Å². The quantitative estimate of drug-likeness (QED) is 0.809. The molecule has 24 heavy (non-hydrogen) atoms. The molecule has 2 N–H and O–H groups in total. The molecule has 0 saturated carbocycles. The van der Waals surface area contributed by atoms with Gasteiger partial charge in [0.1, 0.15) is 0 Å². The number of hydrogen-bond acceptors (Lipinski definition) is 3. The molecule has 3 rings (SSSR count). The molecule has 2 aromatic rings. The summed E-state index contributed by atoms with van der Waals surface area (Å²) in [6.07, 6.45) is 1.08. The molecule has 4 nitrogen and oxygen atoms in total. The van der Waals surface area contributed by atoms with Gasteiger partial charge in [-0.15, -0.1) is 0 Å². The number of halogens is 1. The highest BCUT2D eigenvalue weighted by atomic mass is 79.9. The van der Waals surface area contributed by atoms with Crippen LogP contribution in [-0.2, 0) is 4.79 Å². The maximum Gasteiger partial charge on any atom is 0.337 e. The van der Waals surface area contributed by atoms with Gasteiger partial charge in [-0.2, -0.15) is 0 Å². The Hall–Kier alpha value is -2.40. The number of rotatable bonds is 4. The van der Waals surface area contributed by atoms with E-state index in [0.717, 1.165) is 5.56 Å². The predicted molar refractivity (Wildman–Crippen MR) is 96.4 cm³/mol. The van der Waals surface area contributed by atoms with E-state index in [4.69, 9.17) is 0 Å². The van der Waals surface area contributed by atoms with Crippen LogP contribution in [0.5, 0.6) is 0 Å². The predicted octanol–water partition coefficient (Wildman–Crippen LogP) is 4.55. The van der Waals surface area contributed by atoms with Crippen molar-refractivity contribution < 1.29 is 14.7 Å². The van der Waals surface area contributed by atoms with Gasteiger partial charge < -0.3 is 10.4 Å². The first-order chi connectivity index (χ1) is 11.6. The zero-order valence-corrected chi connectivity index (χ0v) is 14.4. The molecule has 0 fully saturated rings. The summed E-state index contributed by atoms with van der Waals surface area (Å²) in [7, 11) is 0. The lowest BCUT2D eigenvalue weighted by atomic mass is 9.85. The first-order valence-electron chi connectivity index (χ1n) is 7.62. The molecule has 0 unspecified atom stereocenters. The fraction of sp³-hybridized carbons (Fsp3) is 0.158. The standard InChI is InChI=1S/C19H16BrNO3/c20-18-16(21-15-9-5-4-8-14(15)19(23)24)10-13(11-17(18)22)12-6-2-1-3-7-12/h1-9,13,21H,10-11H2,(H,23,24)/t13-/m1/s1. The third-order valence-corrected chi connectivity index (χ3v) is 5.03. The number of hydrogen-bond donors (Lipinski definition) is 2. The Morgan fingerprint density at radius 3 is 2.42 bits per heavy atom. The molecule has 0 heterocycles. The first-order valence-corrected chi connectivity index (χ1v) is 8.41. The Kier molecular flexibility index (Phi) is 4.81. The summed E-state index contributed by atoms with van der Waals surface area (Å²) in [6, 6.07) is 16.6. The van der Waals surface area contributed by atoms with E-state index < -0.39 is 5.97 Å². The average Bonchev–Trinajstić information content (AvgIpc) is 2.60. The largest absolute Gasteiger partial charge is 0.478 e. The molecule has 0 bridgehead atoms. The number of carbonyl (C=O) groups is 2. The lowest BCUT2D eigenvalue weighted by Crippen LogP contribution is -2.20. The van der Waals surface area contributed by atoms with Gasteiger partial charge in [-0.25, -0.2) is 4.79 Å². The van der Waals surface area contributed by atoms with Crippen molar-refractivity contribution in [3.05, 3.63) is 75.9 Å².